The van der Waals surface area contributed by atoms with Crippen LogP contribution in [0.15, 0.2) is 42.5 Å². The van der Waals surface area contributed by atoms with E-state index in [4.69, 9.17) is 12.6 Å². The van der Waals surface area contributed by atoms with E-state index < -0.39 is 0 Å². The normalized spacial score (nSPS) is 34.9. The number of fused-ring (bicyclic) bond motifs is 2. The molecule has 2 aromatic carbocycles. The maximum atomic E-state index is 4.91. The van der Waals surface area contributed by atoms with Gasteiger partial charge in [-0.15, -0.1) is 0 Å². The van der Waals surface area contributed by atoms with E-state index in [1.165, 1.54) is 42.0 Å². The molecular weight excluding hydrogens is 224 g/mol. The molecule has 2 atom stereocenters. The minimum atomic E-state index is 0.315. The molecule has 86 valence electrons. The fraction of sp³-hybridized carbons (Fsp3) is 0.375. The van der Waals surface area contributed by atoms with Crippen molar-refractivity contribution in [3.63, 3.8) is 0 Å². The zero-order valence-electron chi connectivity index (χ0n) is 9.82. The van der Waals surface area contributed by atoms with E-state index >= 15 is 0 Å². The Labute approximate surface area is 107 Å². The lowest BCUT2D eigenvalue weighted by molar-refractivity contribution is 0.660. The number of hydrogen-bond donors (Lipinski definition) is 1. The summed E-state index contributed by atoms with van der Waals surface area (Å²) in [5.74, 6) is 0. The van der Waals surface area contributed by atoms with Gasteiger partial charge in [-0.3, -0.25) is 0 Å². The van der Waals surface area contributed by atoms with Gasteiger partial charge in [-0.1, -0.05) is 48.9 Å². The van der Waals surface area contributed by atoms with Crippen molar-refractivity contribution in [1.29, 1.82) is 0 Å². The van der Waals surface area contributed by atoms with Crippen LogP contribution in [0.5, 0.6) is 0 Å². The van der Waals surface area contributed by atoms with E-state index in [-0.39, 0.29) is 0 Å². The lowest BCUT2D eigenvalue weighted by Gasteiger charge is -2.15. The Balaban J connectivity index is 1.88. The molecule has 2 unspecified atom stereocenters. The topological polar surface area (TPSA) is 0 Å². The molecule has 0 aromatic heterocycles. The van der Waals surface area contributed by atoms with Gasteiger partial charge in [0, 0.05) is 10.2 Å². The highest BCUT2D eigenvalue weighted by Crippen LogP contribution is 2.70. The third-order valence-electron chi connectivity index (χ3n) is 4.86. The Morgan fingerprint density at radius 3 is 2.47 bits per heavy atom. The smallest absolute Gasteiger partial charge is 0.0236 e. The third kappa shape index (κ3) is 1.21. The number of rotatable bonds is 1. The van der Waals surface area contributed by atoms with Gasteiger partial charge >= 0.3 is 0 Å². The molecule has 0 nitrogen and oxygen atoms in total. The molecule has 2 fully saturated rings. The molecule has 0 saturated heterocycles. The fourth-order valence-corrected chi connectivity index (χ4v) is 4.46. The zero-order valence-corrected chi connectivity index (χ0v) is 10.7. The van der Waals surface area contributed by atoms with Gasteiger partial charge in [-0.25, -0.2) is 0 Å². The van der Waals surface area contributed by atoms with E-state index in [1.807, 2.05) is 0 Å². The van der Waals surface area contributed by atoms with Gasteiger partial charge in [0.2, 0.25) is 0 Å². The minimum Gasteiger partial charge on any atom is -0.172 e. The summed E-state index contributed by atoms with van der Waals surface area (Å²) in [6.07, 6.45) is 5.25. The van der Waals surface area contributed by atoms with Gasteiger partial charge in [0.25, 0.3) is 0 Å². The zero-order chi connectivity index (χ0) is 11.5. The van der Waals surface area contributed by atoms with E-state index in [2.05, 4.69) is 42.5 Å². The first kappa shape index (κ1) is 10.0. The maximum Gasteiger partial charge on any atom is 0.0236 e. The monoisotopic (exact) mass is 240 g/mol. The van der Waals surface area contributed by atoms with Crippen LogP contribution in [-0.4, -0.2) is 4.75 Å². The molecule has 2 saturated carbocycles. The Kier molecular flexibility index (Phi) is 1.82. The molecule has 0 spiro atoms. The van der Waals surface area contributed by atoms with Crippen LogP contribution in [0.2, 0.25) is 0 Å². The highest BCUT2D eigenvalue weighted by atomic mass is 32.1. The molecule has 0 aliphatic heterocycles. The second kappa shape index (κ2) is 3.08. The Morgan fingerprint density at radius 2 is 1.76 bits per heavy atom. The van der Waals surface area contributed by atoms with Crippen LogP contribution < -0.4 is 0 Å². The summed E-state index contributed by atoms with van der Waals surface area (Å²) in [6.45, 7) is 0. The summed E-state index contributed by atoms with van der Waals surface area (Å²) < 4.78 is 0.315. The van der Waals surface area contributed by atoms with E-state index in [9.17, 15) is 0 Å². The maximum absolute atomic E-state index is 4.91. The van der Waals surface area contributed by atoms with Crippen LogP contribution in [0.3, 0.4) is 0 Å². The summed E-state index contributed by atoms with van der Waals surface area (Å²) in [6, 6.07) is 15.6. The minimum absolute atomic E-state index is 0.315. The summed E-state index contributed by atoms with van der Waals surface area (Å²) in [5.41, 5.74) is 1.92. The predicted molar refractivity (Wildman–Crippen MR) is 75.8 cm³/mol. The highest BCUT2D eigenvalue weighted by Gasteiger charge is 2.68. The van der Waals surface area contributed by atoms with Crippen molar-refractivity contribution in [1.82, 2.24) is 0 Å². The summed E-state index contributed by atoms with van der Waals surface area (Å²) in [5, 5.41) is 2.71. The average Bonchev–Trinajstić information content (AvgIpc) is 2.83. The highest BCUT2D eigenvalue weighted by molar-refractivity contribution is 7.82. The van der Waals surface area contributed by atoms with Crippen molar-refractivity contribution in [2.75, 3.05) is 0 Å². The number of benzene rings is 2. The molecule has 4 rings (SSSR count). The molecule has 1 heteroatoms. The van der Waals surface area contributed by atoms with Gasteiger partial charge in [0.15, 0.2) is 0 Å². The lowest BCUT2D eigenvalue weighted by atomic mass is 9.91. The molecule has 0 bridgehead atoms. The van der Waals surface area contributed by atoms with Gasteiger partial charge in [-0.05, 0) is 35.6 Å². The third-order valence-corrected chi connectivity index (χ3v) is 5.67. The molecule has 17 heavy (non-hydrogen) atoms. The second-order valence-electron chi connectivity index (χ2n) is 5.71. The van der Waals surface area contributed by atoms with Crippen LogP contribution in [0.4, 0.5) is 0 Å². The molecule has 0 N–H and O–H groups in total. The molecule has 0 amide bonds. The standard InChI is InChI=1S/C16H16S/c17-16-9-3-8-15(16,11-16)14-7-6-12-4-1-2-5-13(12)10-14/h1-2,4-7,10,17H,3,8-9,11H2. The van der Waals surface area contributed by atoms with E-state index in [0.717, 1.165) is 0 Å². The van der Waals surface area contributed by atoms with Gasteiger partial charge in [0.05, 0.1) is 0 Å². The van der Waals surface area contributed by atoms with Gasteiger partial charge in [-0.2, -0.15) is 12.6 Å². The van der Waals surface area contributed by atoms with Crippen molar-refractivity contribution >= 4 is 23.4 Å². The second-order valence-corrected chi connectivity index (χ2v) is 6.56. The van der Waals surface area contributed by atoms with Crippen LogP contribution in [0, 0.1) is 0 Å². The first-order chi connectivity index (χ1) is 8.24. The quantitative estimate of drug-likeness (QED) is 0.705. The van der Waals surface area contributed by atoms with Crippen LogP contribution >= 0.6 is 12.6 Å². The molecule has 2 aliphatic rings. The van der Waals surface area contributed by atoms with Crippen molar-refractivity contribution in [3.8, 4) is 0 Å². The summed E-state index contributed by atoms with van der Waals surface area (Å²) in [4.78, 5) is 0. The first-order valence-corrected chi connectivity index (χ1v) is 6.90. The van der Waals surface area contributed by atoms with Crippen LogP contribution in [0.1, 0.15) is 31.2 Å². The Bertz CT molecular complexity index is 599. The van der Waals surface area contributed by atoms with E-state index in [1.54, 1.807) is 0 Å². The van der Waals surface area contributed by atoms with Crippen molar-refractivity contribution in [3.05, 3.63) is 48.0 Å². The Morgan fingerprint density at radius 1 is 0.941 bits per heavy atom. The average molecular weight is 240 g/mol. The number of hydrogen-bond acceptors (Lipinski definition) is 1. The fourth-order valence-electron chi connectivity index (χ4n) is 3.79. The molecule has 2 aliphatic carbocycles. The SMILES string of the molecule is SC12CCCC1(c1ccc3ccccc3c1)C2. The van der Waals surface area contributed by atoms with E-state index in [0.29, 0.717) is 10.2 Å². The van der Waals surface area contributed by atoms with Crippen molar-refractivity contribution < 1.29 is 0 Å². The predicted octanol–water partition coefficient (Wildman–Crippen LogP) is 4.33. The van der Waals surface area contributed by atoms with Gasteiger partial charge in [0.1, 0.15) is 0 Å². The molecule has 0 heterocycles. The summed E-state index contributed by atoms with van der Waals surface area (Å²) >= 11 is 4.91. The van der Waals surface area contributed by atoms with Crippen LogP contribution in [0.25, 0.3) is 10.8 Å². The van der Waals surface area contributed by atoms with Crippen molar-refractivity contribution in [2.24, 2.45) is 0 Å². The molecular formula is C16H16S. The number of thiol groups is 1. The summed E-state index contributed by atoms with van der Waals surface area (Å²) in [7, 11) is 0. The van der Waals surface area contributed by atoms with Crippen molar-refractivity contribution in [2.45, 2.75) is 35.8 Å². The largest absolute Gasteiger partial charge is 0.172 e. The molecule has 2 aromatic rings. The first-order valence-electron chi connectivity index (χ1n) is 6.45. The lowest BCUT2D eigenvalue weighted by Crippen LogP contribution is -2.11. The van der Waals surface area contributed by atoms with Crippen LogP contribution in [-0.2, 0) is 5.41 Å². The van der Waals surface area contributed by atoms with Gasteiger partial charge < -0.3 is 0 Å². The molecule has 0 radical (unpaired) electrons. The Hall–Kier alpha value is -0.950.